The number of aryl methyl sites for hydroxylation is 1. The Kier molecular flexibility index (Phi) is 10.6. The number of unbranched alkanes of at least 4 members (excludes halogenated alkanes) is 1. The minimum atomic E-state index is 0.675. The number of morpholine rings is 1. The quantitative estimate of drug-likeness (QED) is 0.614. The Morgan fingerprint density at radius 3 is 2.57 bits per heavy atom. The molecule has 1 aliphatic heterocycles. The number of benzene rings is 1. The number of nitrogens with one attached hydrogen (secondary N) is 1. The van der Waals surface area contributed by atoms with Crippen LogP contribution in [0.1, 0.15) is 18.4 Å². The van der Waals surface area contributed by atoms with Gasteiger partial charge in [-0.1, -0.05) is 30.3 Å². The molecule has 21 heavy (non-hydrogen) atoms. The molecule has 4 nitrogen and oxygen atoms in total. The van der Waals surface area contributed by atoms with Gasteiger partial charge in [-0.05, 0) is 25.5 Å². The molecule has 1 N–H and O–H groups in total. The molecule has 0 atom stereocenters. The van der Waals surface area contributed by atoms with Crippen LogP contribution in [0, 0.1) is 0 Å². The van der Waals surface area contributed by atoms with Gasteiger partial charge in [-0.15, -0.1) is 0 Å². The number of aldehydes is 1. The maximum Gasteiger partial charge on any atom is 0.120 e. The Labute approximate surface area is 128 Å². The molecular formula is C17H28N2O2. The van der Waals surface area contributed by atoms with Gasteiger partial charge in [0.15, 0.2) is 0 Å². The molecule has 118 valence electrons. The van der Waals surface area contributed by atoms with E-state index in [0.717, 1.165) is 58.5 Å². The number of rotatable bonds is 7. The lowest BCUT2D eigenvalue weighted by molar-refractivity contribution is -0.107. The molecule has 1 aromatic rings. The van der Waals surface area contributed by atoms with Crippen LogP contribution in [0.3, 0.4) is 0 Å². The number of hydrogen-bond donors (Lipinski definition) is 1. The fraction of sp³-hybridized carbons (Fsp3) is 0.588. The van der Waals surface area contributed by atoms with E-state index >= 15 is 0 Å². The third kappa shape index (κ3) is 9.34. The summed E-state index contributed by atoms with van der Waals surface area (Å²) in [5.74, 6) is 0. The van der Waals surface area contributed by atoms with E-state index in [2.05, 4.69) is 22.3 Å². The second kappa shape index (κ2) is 12.5. The molecule has 1 heterocycles. The van der Waals surface area contributed by atoms with Crippen LogP contribution in [-0.4, -0.2) is 57.6 Å². The highest BCUT2D eigenvalue weighted by atomic mass is 16.5. The number of ether oxygens (including phenoxy) is 1. The van der Waals surface area contributed by atoms with Crippen molar-refractivity contribution >= 4 is 6.29 Å². The maximum absolute atomic E-state index is 10.00. The summed E-state index contributed by atoms with van der Waals surface area (Å²) in [5, 5.41) is 3.13. The first-order chi connectivity index (χ1) is 10.4. The molecular weight excluding hydrogens is 264 g/mol. The normalized spacial score (nSPS) is 15.1. The second-order valence-corrected chi connectivity index (χ2v) is 5.10. The van der Waals surface area contributed by atoms with Crippen LogP contribution in [-0.2, 0) is 16.0 Å². The van der Waals surface area contributed by atoms with Crippen molar-refractivity contribution in [3.05, 3.63) is 35.9 Å². The summed E-state index contributed by atoms with van der Waals surface area (Å²) in [7, 11) is 1.99. The van der Waals surface area contributed by atoms with Gasteiger partial charge in [0.2, 0.25) is 0 Å². The molecule has 0 saturated carbocycles. The van der Waals surface area contributed by atoms with Gasteiger partial charge in [0.25, 0.3) is 0 Å². The Bertz CT molecular complexity index is 351. The van der Waals surface area contributed by atoms with E-state index in [1.54, 1.807) is 0 Å². The lowest BCUT2D eigenvalue weighted by Gasteiger charge is -2.26. The van der Waals surface area contributed by atoms with Crippen LogP contribution in [0.2, 0.25) is 0 Å². The highest BCUT2D eigenvalue weighted by Crippen LogP contribution is 2.02. The van der Waals surface area contributed by atoms with Gasteiger partial charge in [0, 0.05) is 32.6 Å². The number of carbonyl (C=O) groups excluding carboxylic acids is 1. The molecule has 1 aromatic carbocycles. The third-order valence-electron chi connectivity index (χ3n) is 3.41. The molecule has 0 spiro atoms. The Hall–Kier alpha value is -1.23. The summed E-state index contributed by atoms with van der Waals surface area (Å²) in [5.41, 5.74) is 1.31. The summed E-state index contributed by atoms with van der Waals surface area (Å²) in [4.78, 5) is 12.4. The van der Waals surface area contributed by atoms with Gasteiger partial charge in [-0.3, -0.25) is 4.90 Å². The summed E-state index contributed by atoms with van der Waals surface area (Å²) in [6, 6.07) is 10.2. The minimum absolute atomic E-state index is 0.675. The predicted octanol–water partition coefficient (Wildman–Crippen LogP) is 1.75. The molecule has 0 radical (unpaired) electrons. The third-order valence-corrected chi connectivity index (χ3v) is 3.41. The highest BCUT2D eigenvalue weighted by molar-refractivity contribution is 5.49. The standard InChI is InChI=1S/C10H12O.C7H16N2O/c11-9-5-4-8-10-6-2-1-3-7-10;1-8-2-3-9-4-6-10-7-5-9/h1-3,6-7,9H,4-5,8H2;8H,2-7H2,1H3. The smallest absolute Gasteiger partial charge is 0.120 e. The van der Waals surface area contributed by atoms with Crippen molar-refractivity contribution in [2.45, 2.75) is 19.3 Å². The van der Waals surface area contributed by atoms with Crippen molar-refractivity contribution in [3.8, 4) is 0 Å². The molecule has 2 rings (SSSR count). The Morgan fingerprint density at radius 1 is 1.24 bits per heavy atom. The zero-order chi connectivity index (χ0) is 15.2. The summed E-state index contributed by atoms with van der Waals surface area (Å²) in [6.45, 7) is 6.25. The van der Waals surface area contributed by atoms with Crippen LogP contribution >= 0.6 is 0 Å². The molecule has 1 aliphatic rings. The van der Waals surface area contributed by atoms with Crippen molar-refractivity contribution in [1.29, 1.82) is 0 Å². The van der Waals surface area contributed by atoms with Crippen molar-refractivity contribution < 1.29 is 9.53 Å². The summed E-state index contributed by atoms with van der Waals surface area (Å²) < 4.78 is 5.22. The first-order valence-electron chi connectivity index (χ1n) is 7.79. The molecule has 0 aromatic heterocycles. The van der Waals surface area contributed by atoms with E-state index in [9.17, 15) is 4.79 Å². The molecule has 0 bridgehead atoms. The van der Waals surface area contributed by atoms with Gasteiger partial charge < -0.3 is 14.8 Å². The summed E-state index contributed by atoms with van der Waals surface area (Å²) in [6.07, 6.45) is 3.63. The topological polar surface area (TPSA) is 41.6 Å². The molecule has 0 unspecified atom stereocenters. The molecule has 0 aliphatic carbocycles. The van der Waals surface area contributed by atoms with Crippen molar-refractivity contribution in [2.75, 3.05) is 46.4 Å². The van der Waals surface area contributed by atoms with Gasteiger partial charge in [-0.25, -0.2) is 0 Å². The number of carbonyl (C=O) groups is 1. The van der Waals surface area contributed by atoms with E-state index < -0.39 is 0 Å². The van der Waals surface area contributed by atoms with Crippen LogP contribution in [0.5, 0.6) is 0 Å². The molecule has 1 fully saturated rings. The number of hydrogen-bond acceptors (Lipinski definition) is 4. The number of likely N-dealkylation sites (N-methyl/N-ethyl adjacent to an activating group) is 1. The average Bonchev–Trinajstić information content (AvgIpc) is 2.56. The van der Waals surface area contributed by atoms with E-state index in [1.807, 2.05) is 25.2 Å². The second-order valence-electron chi connectivity index (χ2n) is 5.10. The zero-order valence-electron chi connectivity index (χ0n) is 13.1. The predicted molar refractivity (Wildman–Crippen MR) is 86.6 cm³/mol. The van der Waals surface area contributed by atoms with Crippen LogP contribution in [0.15, 0.2) is 30.3 Å². The van der Waals surface area contributed by atoms with E-state index in [1.165, 1.54) is 5.56 Å². The first kappa shape index (κ1) is 17.8. The van der Waals surface area contributed by atoms with Crippen LogP contribution < -0.4 is 5.32 Å². The van der Waals surface area contributed by atoms with Crippen molar-refractivity contribution in [3.63, 3.8) is 0 Å². The van der Waals surface area contributed by atoms with Crippen LogP contribution in [0.25, 0.3) is 0 Å². The van der Waals surface area contributed by atoms with Gasteiger partial charge in [0.1, 0.15) is 6.29 Å². The Morgan fingerprint density at radius 2 is 1.95 bits per heavy atom. The lowest BCUT2D eigenvalue weighted by Crippen LogP contribution is -2.39. The molecule has 0 amide bonds. The number of nitrogens with zero attached hydrogens (tertiary/aromatic N) is 1. The average molecular weight is 292 g/mol. The van der Waals surface area contributed by atoms with Gasteiger partial charge in [0.05, 0.1) is 13.2 Å². The maximum atomic E-state index is 10.00. The SMILES string of the molecule is CNCCN1CCOCC1.O=CCCCc1ccccc1. The highest BCUT2D eigenvalue weighted by Gasteiger charge is 2.07. The monoisotopic (exact) mass is 292 g/mol. The first-order valence-corrected chi connectivity index (χ1v) is 7.79. The van der Waals surface area contributed by atoms with E-state index in [4.69, 9.17) is 4.74 Å². The van der Waals surface area contributed by atoms with Gasteiger partial charge >= 0.3 is 0 Å². The summed E-state index contributed by atoms with van der Waals surface area (Å²) >= 11 is 0. The Balaban J connectivity index is 0.000000211. The van der Waals surface area contributed by atoms with Gasteiger partial charge in [-0.2, -0.15) is 0 Å². The van der Waals surface area contributed by atoms with Crippen molar-refractivity contribution in [1.82, 2.24) is 10.2 Å². The van der Waals surface area contributed by atoms with E-state index in [0.29, 0.717) is 6.42 Å². The van der Waals surface area contributed by atoms with E-state index in [-0.39, 0.29) is 0 Å². The van der Waals surface area contributed by atoms with Crippen molar-refractivity contribution in [2.24, 2.45) is 0 Å². The minimum Gasteiger partial charge on any atom is -0.379 e. The molecule has 4 heteroatoms. The largest absolute Gasteiger partial charge is 0.379 e. The fourth-order valence-corrected chi connectivity index (χ4v) is 2.13. The zero-order valence-corrected chi connectivity index (χ0v) is 13.1. The fourth-order valence-electron chi connectivity index (χ4n) is 2.13. The molecule has 1 saturated heterocycles. The lowest BCUT2D eigenvalue weighted by atomic mass is 10.1. The van der Waals surface area contributed by atoms with Crippen LogP contribution in [0.4, 0.5) is 0 Å².